The maximum atomic E-state index is 13.9. The molecule has 2 aliphatic rings. The van der Waals surface area contributed by atoms with E-state index in [1.54, 1.807) is 12.1 Å². The fraction of sp³-hybridized carbons (Fsp3) is 0.611. The van der Waals surface area contributed by atoms with E-state index in [4.69, 9.17) is 4.74 Å². The summed E-state index contributed by atoms with van der Waals surface area (Å²) >= 11 is 0. The van der Waals surface area contributed by atoms with Crippen LogP contribution in [0.3, 0.4) is 0 Å². The molecule has 24 heavy (non-hydrogen) atoms. The molecule has 0 spiro atoms. The number of carbonyl (C=O) groups is 1. The third-order valence-corrected chi connectivity index (χ3v) is 4.72. The van der Waals surface area contributed by atoms with Crippen molar-refractivity contribution in [1.29, 1.82) is 0 Å². The Labute approximate surface area is 149 Å². The van der Waals surface area contributed by atoms with E-state index in [9.17, 15) is 9.18 Å². The highest BCUT2D eigenvalue weighted by molar-refractivity contribution is 5.94. The Kier molecular flexibility index (Phi) is 7.02. The second-order valence-electron chi connectivity index (χ2n) is 6.64. The summed E-state index contributed by atoms with van der Waals surface area (Å²) in [6.07, 6.45) is 4.50. The third-order valence-electron chi connectivity index (χ3n) is 4.72. The van der Waals surface area contributed by atoms with Crippen molar-refractivity contribution in [2.24, 2.45) is 5.92 Å². The highest BCUT2D eigenvalue weighted by Gasteiger charge is 2.24. The summed E-state index contributed by atoms with van der Waals surface area (Å²) in [4.78, 5) is 14.5. The van der Waals surface area contributed by atoms with Gasteiger partial charge in [0.1, 0.15) is 5.82 Å². The van der Waals surface area contributed by atoms with E-state index >= 15 is 0 Å². The summed E-state index contributed by atoms with van der Waals surface area (Å²) in [5, 5.41) is 3.23. The van der Waals surface area contributed by atoms with Crippen LogP contribution in [0.5, 0.6) is 0 Å². The molecule has 1 aliphatic heterocycles. The Morgan fingerprint density at radius 1 is 1.38 bits per heavy atom. The van der Waals surface area contributed by atoms with Crippen LogP contribution in [0.1, 0.15) is 41.6 Å². The molecule has 0 radical (unpaired) electrons. The molecule has 1 N–H and O–H groups in total. The normalized spacial score (nSPS) is 20.6. The molecule has 1 amide bonds. The van der Waals surface area contributed by atoms with Crippen LogP contribution >= 0.6 is 12.4 Å². The number of ether oxygens (including phenoxy) is 1. The van der Waals surface area contributed by atoms with Crippen LogP contribution in [-0.2, 0) is 11.3 Å². The highest BCUT2D eigenvalue weighted by Crippen LogP contribution is 2.29. The predicted molar refractivity (Wildman–Crippen MR) is 94.0 cm³/mol. The molecule has 1 atom stereocenters. The van der Waals surface area contributed by atoms with Crippen LogP contribution in [0, 0.1) is 11.7 Å². The van der Waals surface area contributed by atoms with Crippen LogP contribution < -0.4 is 5.32 Å². The van der Waals surface area contributed by atoms with Gasteiger partial charge < -0.3 is 15.0 Å². The minimum absolute atomic E-state index is 0. The lowest BCUT2D eigenvalue weighted by Gasteiger charge is -2.32. The number of amides is 1. The van der Waals surface area contributed by atoms with Crippen LogP contribution in [-0.4, -0.2) is 43.6 Å². The van der Waals surface area contributed by atoms with Crippen LogP contribution in [0.25, 0.3) is 0 Å². The number of likely N-dealkylation sites (N-methyl/N-ethyl adjacent to an activating group) is 1. The molecule has 4 nitrogen and oxygen atoms in total. The van der Waals surface area contributed by atoms with E-state index in [2.05, 4.69) is 5.32 Å². The van der Waals surface area contributed by atoms with Gasteiger partial charge >= 0.3 is 0 Å². The van der Waals surface area contributed by atoms with Gasteiger partial charge in [0, 0.05) is 36.9 Å². The summed E-state index contributed by atoms with van der Waals surface area (Å²) in [5.41, 5.74) is 1.02. The van der Waals surface area contributed by atoms with Gasteiger partial charge in [-0.3, -0.25) is 4.79 Å². The van der Waals surface area contributed by atoms with Gasteiger partial charge in [-0.05, 0) is 56.8 Å². The molecule has 0 aromatic heterocycles. The molecule has 1 saturated heterocycles. The molecule has 6 heteroatoms. The van der Waals surface area contributed by atoms with Crippen molar-refractivity contribution in [3.8, 4) is 0 Å². The largest absolute Gasteiger partial charge is 0.376 e. The number of carbonyl (C=O) groups excluding carboxylic acids is 1. The predicted octanol–water partition coefficient (Wildman–Crippen LogP) is 3.00. The number of nitrogens with one attached hydrogen (secondary N) is 1. The molecule has 2 fully saturated rings. The zero-order valence-electron chi connectivity index (χ0n) is 14.1. The lowest BCUT2D eigenvalue weighted by Crippen LogP contribution is -2.47. The first-order chi connectivity index (χ1) is 11.2. The van der Waals surface area contributed by atoms with Gasteiger partial charge in [-0.2, -0.15) is 0 Å². The van der Waals surface area contributed by atoms with E-state index in [0.717, 1.165) is 19.4 Å². The zero-order chi connectivity index (χ0) is 16.2. The van der Waals surface area contributed by atoms with Crippen LogP contribution in [0.4, 0.5) is 4.39 Å². The van der Waals surface area contributed by atoms with Gasteiger partial charge in [0.25, 0.3) is 5.91 Å². The van der Waals surface area contributed by atoms with Crippen molar-refractivity contribution in [2.45, 2.75) is 38.3 Å². The first kappa shape index (κ1) is 19.2. The van der Waals surface area contributed by atoms with Gasteiger partial charge in [-0.25, -0.2) is 4.39 Å². The number of piperidine rings is 1. The number of likely N-dealkylation sites (tertiary alicyclic amines) is 1. The number of halogens is 2. The summed E-state index contributed by atoms with van der Waals surface area (Å²) < 4.78 is 19.5. The molecule has 134 valence electrons. The number of hydrogen-bond acceptors (Lipinski definition) is 3. The van der Waals surface area contributed by atoms with E-state index in [0.29, 0.717) is 36.2 Å². The van der Waals surface area contributed by atoms with Crippen molar-refractivity contribution in [1.82, 2.24) is 10.2 Å². The molecule has 1 aromatic rings. The van der Waals surface area contributed by atoms with E-state index in [1.165, 1.54) is 18.9 Å². The Morgan fingerprint density at radius 2 is 2.17 bits per heavy atom. The lowest BCUT2D eigenvalue weighted by molar-refractivity contribution is 0.0697. The number of rotatable bonds is 6. The Balaban J connectivity index is 0.00000208. The van der Waals surface area contributed by atoms with Crippen molar-refractivity contribution < 1.29 is 13.9 Å². The fourth-order valence-electron chi connectivity index (χ4n) is 3.02. The Bertz CT molecular complexity index is 566. The average molecular weight is 357 g/mol. The molecule has 1 aromatic carbocycles. The molecular formula is C18H26ClFN2O2. The molecule has 0 bridgehead atoms. The van der Waals surface area contributed by atoms with Crippen LogP contribution in [0.15, 0.2) is 18.2 Å². The standard InChI is InChI=1S/C18H25FN2O2.ClH/c1-20-16-3-2-8-21(10-16)18(22)14-6-7-17(19)15(9-14)12-23-11-13-4-5-13;/h6-7,9,13,16,20H,2-5,8,10-12H2,1H3;1H. The smallest absolute Gasteiger partial charge is 0.253 e. The first-order valence-electron chi connectivity index (χ1n) is 8.50. The van der Waals surface area contributed by atoms with Crippen molar-refractivity contribution >= 4 is 18.3 Å². The van der Waals surface area contributed by atoms with Crippen molar-refractivity contribution in [2.75, 3.05) is 26.7 Å². The zero-order valence-corrected chi connectivity index (χ0v) is 14.9. The SMILES string of the molecule is CNC1CCCN(C(=O)c2ccc(F)c(COCC3CC3)c2)C1.Cl. The number of hydrogen-bond donors (Lipinski definition) is 1. The third kappa shape index (κ3) is 4.91. The molecule has 3 rings (SSSR count). The van der Waals surface area contributed by atoms with E-state index in [1.807, 2.05) is 11.9 Å². The number of nitrogens with zero attached hydrogens (tertiary/aromatic N) is 1. The van der Waals surface area contributed by atoms with Gasteiger partial charge in [0.15, 0.2) is 0 Å². The second-order valence-corrected chi connectivity index (χ2v) is 6.64. The Morgan fingerprint density at radius 3 is 2.88 bits per heavy atom. The first-order valence-corrected chi connectivity index (χ1v) is 8.50. The van der Waals surface area contributed by atoms with Gasteiger partial charge in [0.05, 0.1) is 6.61 Å². The summed E-state index contributed by atoms with van der Waals surface area (Å²) in [5.74, 6) is 0.326. The molecule has 1 heterocycles. The molecule has 1 aliphatic carbocycles. The lowest BCUT2D eigenvalue weighted by atomic mass is 10.0. The van der Waals surface area contributed by atoms with E-state index in [-0.39, 0.29) is 30.7 Å². The van der Waals surface area contributed by atoms with Crippen molar-refractivity contribution in [3.63, 3.8) is 0 Å². The summed E-state index contributed by atoms with van der Waals surface area (Å²) in [6.45, 7) is 2.40. The molecule has 1 saturated carbocycles. The van der Waals surface area contributed by atoms with Gasteiger partial charge in [0.2, 0.25) is 0 Å². The number of benzene rings is 1. The molecule has 1 unspecified atom stereocenters. The Hall–Kier alpha value is -1.17. The van der Waals surface area contributed by atoms with Gasteiger partial charge in [-0.15, -0.1) is 12.4 Å². The topological polar surface area (TPSA) is 41.6 Å². The monoisotopic (exact) mass is 356 g/mol. The van der Waals surface area contributed by atoms with Crippen LogP contribution in [0.2, 0.25) is 0 Å². The second kappa shape index (κ2) is 8.79. The minimum Gasteiger partial charge on any atom is -0.376 e. The summed E-state index contributed by atoms with van der Waals surface area (Å²) in [7, 11) is 1.92. The maximum absolute atomic E-state index is 13.9. The average Bonchev–Trinajstić information content (AvgIpc) is 3.40. The minimum atomic E-state index is -0.302. The summed E-state index contributed by atoms with van der Waals surface area (Å²) in [6, 6.07) is 4.94. The molecular weight excluding hydrogens is 331 g/mol. The van der Waals surface area contributed by atoms with Gasteiger partial charge in [-0.1, -0.05) is 0 Å². The fourth-order valence-corrected chi connectivity index (χ4v) is 3.02. The maximum Gasteiger partial charge on any atom is 0.253 e. The quantitative estimate of drug-likeness (QED) is 0.852. The highest BCUT2D eigenvalue weighted by atomic mass is 35.5. The van der Waals surface area contributed by atoms with E-state index < -0.39 is 0 Å². The van der Waals surface area contributed by atoms with Crippen molar-refractivity contribution in [3.05, 3.63) is 35.1 Å².